The van der Waals surface area contributed by atoms with Crippen molar-refractivity contribution in [1.29, 1.82) is 0 Å². The molecule has 2 atom stereocenters. The van der Waals surface area contributed by atoms with E-state index in [1.807, 2.05) is 0 Å². The van der Waals surface area contributed by atoms with Gasteiger partial charge in [-0.3, -0.25) is 4.79 Å². The fraction of sp³-hybridized carbons (Fsp3) is 0.571. The molecule has 19 heavy (non-hydrogen) atoms. The zero-order valence-electron chi connectivity index (χ0n) is 11.3. The Balaban J connectivity index is 2.09. The van der Waals surface area contributed by atoms with E-state index in [9.17, 15) is 4.79 Å². The fourth-order valence-electron chi connectivity index (χ4n) is 3.91. The van der Waals surface area contributed by atoms with Gasteiger partial charge in [-0.2, -0.15) is 10.1 Å². The summed E-state index contributed by atoms with van der Waals surface area (Å²) in [4.78, 5) is 20.0. The average Bonchev–Trinajstić information content (AvgIpc) is 2.68. The van der Waals surface area contributed by atoms with Crippen molar-refractivity contribution in [2.24, 2.45) is 5.41 Å². The first-order valence-corrected chi connectivity index (χ1v) is 6.72. The molecule has 0 aliphatic heterocycles. The molecule has 2 aromatic heterocycles. The van der Waals surface area contributed by atoms with Crippen LogP contribution in [-0.2, 0) is 5.41 Å². The zero-order chi connectivity index (χ0) is 13.4. The van der Waals surface area contributed by atoms with Crippen molar-refractivity contribution in [3.63, 3.8) is 0 Å². The average molecular weight is 256 g/mol. The molecule has 4 rings (SSSR count). The van der Waals surface area contributed by atoms with Gasteiger partial charge in [-0.15, -0.1) is 0 Å². The SMILES string of the molecule is CC1(C)[C@@H]2CC[C@@]1(C)c1nc3nc(=O)ccn3nc12. The van der Waals surface area contributed by atoms with Crippen LogP contribution in [0.2, 0.25) is 0 Å². The predicted octanol–water partition coefficient (Wildman–Crippen LogP) is 1.66. The highest BCUT2D eigenvalue weighted by Gasteiger charge is 2.61. The zero-order valence-corrected chi connectivity index (χ0v) is 11.3. The minimum Gasteiger partial charge on any atom is -0.267 e. The molecule has 1 saturated carbocycles. The Labute approximate surface area is 110 Å². The lowest BCUT2D eigenvalue weighted by Crippen LogP contribution is -2.32. The van der Waals surface area contributed by atoms with Crippen molar-refractivity contribution >= 4 is 5.78 Å². The summed E-state index contributed by atoms with van der Waals surface area (Å²) in [5, 5.41) is 4.67. The van der Waals surface area contributed by atoms with Crippen molar-refractivity contribution in [2.75, 3.05) is 0 Å². The van der Waals surface area contributed by atoms with E-state index in [2.05, 4.69) is 35.8 Å². The molecular formula is C14H16N4O. The topological polar surface area (TPSA) is 60.2 Å². The molecule has 0 N–H and O–H groups in total. The van der Waals surface area contributed by atoms with Gasteiger partial charge in [-0.05, 0) is 18.3 Å². The van der Waals surface area contributed by atoms with Crippen molar-refractivity contribution in [2.45, 2.75) is 44.9 Å². The maximum absolute atomic E-state index is 11.4. The van der Waals surface area contributed by atoms with Gasteiger partial charge in [0, 0.05) is 23.6 Å². The van der Waals surface area contributed by atoms with Gasteiger partial charge < -0.3 is 0 Å². The molecule has 0 radical (unpaired) electrons. The molecule has 0 aromatic carbocycles. The first-order valence-electron chi connectivity index (χ1n) is 6.72. The summed E-state index contributed by atoms with van der Waals surface area (Å²) >= 11 is 0. The summed E-state index contributed by atoms with van der Waals surface area (Å²) in [6, 6.07) is 1.42. The van der Waals surface area contributed by atoms with E-state index in [1.54, 1.807) is 10.7 Å². The van der Waals surface area contributed by atoms with E-state index in [4.69, 9.17) is 0 Å². The third kappa shape index (κ3) is 1.12. The van der Waals surface area contributed by atoms with Crippen LogP contribution in [0, 0.1) is 5.41 Å². The highest BCUT2D eigenvalue weighted by molar-refractivity contribution is 5.44. The number of hydrogen-bond acceptors (Lipinski definition) is 4. The smallest absolute Gasteiger partial charge is 0.267 e. The van der Waals surface area contributed by atoms with Crippen molar-refractivity contribution in [1.82, 2.24) is 19.6 Å². The Morgan fingerprint density at radius 1 is 1.32 bits per heavy atom. The van der Waals surface area contributed by atoms with E-state index < -0.39 is 0 Å². The van der Waals surface area contributed by atoms with Gasteiger partial charge in [-0.1, -0.05) is 20.8 Å². The Morgan fingerprint density at radius 2 is 2.11 bits per heavy atom. The number of rotatable bonds is 0. The molecule has 2 aliphatic carbocycles. The number of nitrogens with zero attached hydrogens (tertiary/aromatic N) is 4. The van der Waals surface area contributed by atoms with Crippen molar-refractivity contribution < 1.29 is 0 Å². The summed E-state index contributed by atoms with van der Waals surface area (Å²) in [5.74, 6) is 0.875. The maximum Gasteiger partial charge on any atom is 0.274 e. The van der Waals surface area contributed by atoms with Gasteiger partial charge in [0.05, 0.1) is 11.4 Å². The molecule has 5 nitrogen and oxygen atoms in total. The molecule has 2 heterocycles. The summed E-state index contributed by atoms with van der Waals surface area (Å²) in [6.45, 7) is 6.87. The first-order chi connectivity index (χ1) is 8.93. The summed E-state index contributed by atoms with van der Waals surface area (Å²) in [5.41, 5.74) is 2.11. The fourth-order valence-corrected chi connectivity index (χ4v) is 3.91. The van der Waals surface area contributed by atoms with Gasteiger partial charge in [0.1, 0.15) is 0 Å². The van der Waals surface area contributed by atoms with Gasteiger partial charge in [-0.25, -0.2) is 9.50 Å². The number of hydrogen-bond donors (Lipinski definition) is 0. The monoisotopic (exact) mass is 256 g/mol. The molecule has 2 bridgehead atoms. The third-order valence-corrected chi connectivity index (χ3v) is 5.52. The minimum absolute atomic E-state index is 0.0509. The van der Waals surface area contributed by atoms with Gasteiger partial charge in [0.2, 0.25) is 0 Å². The molecule has 0 unspecified atom stereocenters. The Kier molecular flexibility index (Phi) is 1.77. The molecule has 2 aliphatic rings. The summed E-state index contributed by atoms with van der Waals surface area (Å²) in [7, 11) is 0. The van der Waals surface area contributed by atoms with Crippen LogP contribution in [0.5, 0.6) is 0 Å². The molecule has 5 heteroatoms. The van der Waals surface area contributed by atoms with E-state index in [0.717, 1.165) is 17.8 Å². The molecule has 0 spiro atoms. The molecule has 0 saturated heterocycles. The van der Waals surface area contributed by atoms with Crippen molar-refractivity contribution in [3.05, 3.63) is 34.0 Å². The minimum atomic E-state index is -0.262. The van der Waals surface area contributed by atoms with Gasteiger partial charge in [0.25, 0.3) is 11.3 Å². The van der Waals surface area contributed by atoms with Crippen LogP contribution >= 0.6 is 0 Å². The Hall–Kier alpha value is -1.78. The Bertz CT molecular complexity index is 764. The molecule has 2 aromatic rings. The van der Waals surface area contributed by atoms with Crippen LogP contribution < -0.4 is 5.56 Å². The van der Waals surface area contributed by atoms with Gasteiger partial charge in [0.15, 0.2) is 0 Å². The molecule has 0 amide bonds. The third-order valence-electron chi connectivity index (χ3n) is 5.52. The summed E-state index contributed by atoms with van der Waals surface area (Å²) in [6.07, 6.45) is 3.96. The number of fused-ring (bicyclic) bond motifs is 6. The molecular weight excluding hydrogens is 240 g/mol. The van der Waals surface area contributed by atoms with E-state index in [1.165, 1.54) is 12.5 Å². The highest BCUT2D eigenvalue weighted by atomic mass is 16.1. The lowest BCUT2D eigenvalue weighted by Gasteiger charge is -2.33. The molecule has 98 valence electrons. The lowest BCUT2D eigenvalue weighted by atomic mass is 9.70. The van der Waals surface area contributed by atoms with Crippen LogP contribution in [-0.4, -0.2) is 19.6 Å². The standard InChI is InChI=1S/C14H16N4O/c1-13(2)8-4-6-14(13,3)11-10(8)17-18-7-5-9(19)15-12(18)16-11/h5,7-8H,4,6H2,1-3H3/t8-,14+/m1/s1. The largest absolute Gasteiger partial charge is 0.274 e. The number of aromatic nitrogens is 4. The quantitative estimate of drug-likeness (QED) is 0.719. The predicted molar refractivity (Wildman–Crippen MR) is 70.2 cm³/mol. The van der Waals surface area contributed by atoms with Crippen LogP contribution in [0.3, 0.4) is 0 Å². The van der Waals surface area contributed by atoms with E-state index >= 15 is 0 Å². The second kappa shape index (κ2) is 3.03. The highest BCUT2D eigenvalue weighted by Crippen LogP contribution is 2.66. The maximum atomic E-state index is 11.4. The molecule has 1 fully saturated rings. The van der Waals surface area contributed by atoms with Crippen LogP contribution in [0.15, 0.2) is 17.1 Å². The van der Waals surface area contributed by atoms with Crippen LogP contribution in [0.4, 0.5) is 0 Å². The van der Waals surface area contributed by atoms with Crippen LogP contribution in [0.1, 0.15) is 50.9 Å². The second-order valence-corrected chi connectivity index (χ2v) is 6.50. The lowest BCUT2D eigenvalue weighted by molar-refractivity contribution is 0.227. The summed E-state index contributed by atoms with van der Waals surface area (Å²) < 4.78 is 1.63. The normalized spacial score (nSPS) is 30.8. The first kappa shape index (κ1) is 11.1. The van der Waals surface area contributed by atoms with Crippen LogP contribution in [0.25, 0.3) is 5.78 Å². The van der Waals surface area contributed by atoms with Gasteiger partial charge >= 0.3 is 0 Å². The van der Waals surface area contributed by atoms with Crippen molar-refractivity contribution in [3.8, 4) is 0 Å². The van der Waals surface area contributed by atoms with E-state index in [-0.39, 0.29) is 16.4 Å². The van der Waals surface area contributed by atoms with E-state index in [0.29, 0.717) is 11.7 Å². The second-order valence-electron chi connectivity index (χ2n) is 6.50. The Morgan fingerprint density at radius 3 is 2.89 bits per heavy atom.